The van der Waals surface area contributed by atoms with Crippen molar-refractivity contribution in [3.63, 3.8) is 0 Å². The molecule has 1 aromatic rings. The van der Waals surface area contributed by atoms with Crippen molar-refractivity contribution in [3.05, 3.63) is 59.2 Å². The fourth-order valence-corrected chi connectivity index (χ4v) is 4.57. The van der Waals surface area contributed by atoms with Crippen LogP contribution in [0.5, 0.6) is 0 Å². The standard InChI is InChI=1S/C28H41N3O6/c1-16-10-20-13-21(29)15-22(14-20)31-27(33)17(2)8-7-9-23(35-5)26(37-28(30)34)19(4)12-18(3)25(32)24(11-16)36-6/h7-9,12-16,18,23-26,32H,10-11,29H2,1-6H3,(H2,30,34)(H,31,33). The van der Waals surface area contributed by atoms with Gasteiger partial charge in [0.1, 0.15) is 6.10 Å². The number of primary amides is 1. The molecule has 2 bridgehead atoms. The highest BCUT2D eigenvalue weighted by Gasteiger charge is 2.29. The fourth-order valence-electron chi connectivity index (χ4n) is 4.57. The monoisotopic (exact) mass is 515 g/mol. The first-order chi connectivity index (χ1) is 17.4. The third-order valence-electron chi connectivity index (χ3n) is 6.51. The van der Waals surface area contributed by atoms with Gasteiger partial charge in [-0.15, -0.1) is 0 Å². The van der Waals surface area contributed by atoms with Crippen LogP contribution in [0.25, 0.3) is 0 Å². The van der Waals surface area contributed by atoms with Crippen LogP contribution in [0.1, 0.15) is 39.7 Å². The molecule has 0 aliphatic carbocycles. The normalized spacial score (nSPS) is 28.1. The van der Waals surface area contributed by atoms with Gasteiger partial charge in [-0.2, -0.15) is 0 Å². The molecule has 204 valence electrons. The van der Waals surface area contributed by atoms with Crippen LogP contribution in [0.3, 0.4) is 0 Å². The number of benzene rings is 1. The summed E-state index contributed by atoms with van der Waals surface area (Å²) in [5.41, 5.74) is 14.7. The predicted octanol–water partition coefficient (Wildman–Crippen LogP) is 3.73. The van der Waals surface area contributed by atoms with Crippen molar-refractivity contribution in [3.8, 4) is 0 Å². The third-order valence-corrected chi connectivity index (χ3v) is 6.51. The molecule has 6 atom stereocenters. The number of aliphatic hydroxyl groups excluding tert-OH is 1. The Bertz CT molecular complexity index is 1030. The van der Waals surface area contributed by atoms with Crippen LogP contribution >= 0.6 is 0 Å². The average Bonchev–Trinajstić information content (AvgIpc) is 2.82. The molecule has 1 heterocycles. The van der Waals surface area contributed by atoms with E-state index >= 15 is 0 Å². The van der Waals surface area contributed by atoms with Crippen molar-refractivity contribution in [1.29, 1.82) is 0 Å². The number of fused-ring (bicyclic) bond motifs is 2. The zero-order chi connectivity index (χ0) is 27.7. The Hall–Kier alpha value is -3.14. The van der Waals surface area contributed by atoms with E-state index < -0.39 is 30.5 Å². The first kappa shape index (κ1) is 30.1. The highest BCUT2D eigenvalue weighted by Crippen LogP contribution is 2.26. The van der Waals surface area contributed by atoms with Crippen LogP contribution in [0.15, 0.2) is 53.6 Å². The van der Waals surface area contributed by atoms with Crippen LogP contribution in [0.2, 0.25) is 0 Å². The Morgan fingerprint density at radius 3 is 2.46 bits per heavy atom. The highest BCUT2D eigenvalue weighted by molar-refractivity contribution is 6.03. The minimum absolute atomic E-state index is 0.152. The number of nitrogens with two attached hydrogens (primary N) is 2. The minimum Gasteiger partial charge on any atom is -0.439 e. The zero-order valence-electron chi connectivity index (χ0n) is 22.6. The van der Waals surface area contributed by atoms with E-state index in [9.17, 15) is 14.7 Å². The van der Waals surface area contributed by atoms with Crippen molar-refractivity contribution >= 4 is 23.4 Å². The summed E-state index contributed by atoms with van der Waals surface area (Å²) in [6.45, 7) is 7.43. The van der Waals surface area contributed by atoms with E-state index in [0.717, 1.165) is 5.56 Å². The van der Waals surface area contributed by atoms with Crippen LogP contribution in [-0.2, 0) is 25.4 Å². The Morgan fingerprint density at radius 1 is 1.14 bits per heavy atom. The number of aliphatic hydroxyl groups is 1. The number of hydrogen-bond acceptors (Lipinski definition) is 7. The summed E-state index contributed by atoms with van der Waals surface area (Å²) in [7, 11) is 3.06. The lowest BCUT2D eigenvalue weighted by molar-refractivity contribution is -0.112. The topological polar surface area (TPSA) is 146 Å². The number of anilines is 2. The molecule has 9 heteroatoms. The van der Waals surface area contributed by atoms with Gasteiger partial charge >= 0.3 is 6.09 Å². The van der Waals surface area contributed by atoms with Crippen LogP contribution in [0, 0.1) is 11.8 Å². The second-order valence-electron chi connectivity index (χ2n) is 9.79. The summed E-state index contributed by atoms with van der Waals surface area (Å²) in [5, 5.41) is 14.0. The summed E-state index contributed by atoms with van der Waals surface area (Å²) < 4.78 is 16.6. The quantitative estimate of drug-likeness (QED) is 0.354. The molecule has 6 unspecified atom stereocenters. The van der Waals surface area contributed by atoms with Gasteiger partial charge in [0.2, 0.25) is 0 Å². The molecule has 0 radical (unpaired) electrons. The minimum atomic E-state index is -0.949. The number of nitrogen functional groups attached to an aromatic ring is 1. The smallest absolute Gasteiger partial charge is 0.405 e. The van der Waals surface area contributed by atoms with Crippen molar-refractivity contribution in [2.75, 3.05) is 25.3 Å². The molecule has 0 fully saturated rings. The molecule has 0 aromatic heterocycles. The van der Waals surface area contributed by atoms with Gasteiger partial charge in [-0.05, 0) is 61.9 Å². The number of amides is 2. The third kappa shape index (κ3) is 9.03. The number of rotatable bonds is 3. The van der Waals surface area contributed by atoms with Gasteiger partial charge in [0.25, 0.3) is 5.91 Å². The van der Waals surface area contributed by atoms with Gasteiger partial charge in [-0.1, -0.05) is 38.2 Å². The Morgan fingerprint density at radius 2 is 1.84 bits per heavy atom. The van der Waals surface area contributed by atoms with Gasteiger partial charge < -0.3 is 36.1 Å². The van der Waals surface area contributed by atoms with Crippen molar-refractivity contribution in [2.24, 2.45) is 17.6 Å². The van der Waals surface area contributed by atoms with Gasteiger partial charge in [-0.3, -0.25) is 4.79 Å². The van der Waals surface area contributed by atoms with Gasteiger partial charge in [0.05, 0.1) is 12.2 Å². The molecule has 0 saturated heterocycles. The molecule has 1 aliphatic rings. The van der Waals surface area contributed by atoms with Crippen molar-refractivity contribution in [1.82, 2.24) is 0 Å². The Labute approximate surface area is 219 Å². The van der Waals surface area contributed by atoms with E-state index in [0.29, 0.717) is 35.4 Å². The molecular formula is C28H41N3O6. The number of methoxy groups -OCH3 is 2. The number of ether oxygens (including phenoxy) is 3. The second kappa shape index (κ2) is 14.0. The maximum absolute atomic E-state index is 12.8. The molecule has 1 aliphatic heterocycles. The molecule has 1 aromatic carbocycles. The Balaban J connectivity index is 2.53. The predicted molar refractivity (Wildman–Crippen MR) is 145 cm³/mol. The Kier molecular flexibility index (Phi) is 11.4. The van der Waals surface area contributed by atoms with Gasteiger partial charge in [0.15, 0.2) is 6.10 Å². The summed E-state index contributed by atoms with van der Waals surface area (Å²) >= 11 is 0. The number of carbonyl (C=O) groups is 2. The maximum Gasteiger partial charge on any atom is 0.405 e. The van der Waals surface area contributed by atoms with E-state index in [2.05, 4.69) is 12.2 Å². The van der Waals surface area contributed by atoms with Crippen molar-refractivity contribution < 1.29 is 28.9 Å². The lowest BCUT2D eigenvalue weighted by Gasteiger charge is -2.29. The number of nitrogens with one attached hydrogen (secondary N) is 1. The zero-order valence-corrected chi connectivity index (χ0v) is 22.6. The van der Waals surface area contributed by atoms with E-state index in [4.69, 9.17) is 25.7 Å². The molecule has 0 spiro atoms. The van der Waals surface area contributed by atoms with E-state index in [1.807, 2.05) is 25.1 Å². The first-order valence-electron chi connectivity index (χ1n) is 12.4. The summed E-state index contributed by atoms with van der Waals surface area (Å²) in [4.78, 5) is 24.4. The maximum atomic E-state index is 12.8. The van der Waals surface area contributed by atoms with Crippen LogP contribution in [0.4, 0.5) is 16.2 Å². The second-order valence-corrected chi connectivity index (χ2v) is 9.79. The lowest BCUT2D eigenvalue weighted by Crippen LogP contribution is -2.37. The van der Waals surface area contributed by atoms with E-state index in [-0.39, 0.29) is 17.7 Å². The molecule has 2 amide bonds. The largest absolute Gasteiger partial charge is 0.439 e. The summed E-state index contributed by atoms with van der Waals surface area (Å²) in [5.74, 6) is -0.444. The molecule has 37 heavy (non-hydrogen) atoms. The molecular weight excluding hydrogens is 474 g/mol. The average molecular weight is 516 g/mol. The van der Waals surface area contributed by atoms with E-state index in [1.54, 1.807) is 45.3 Å². The SMILES string of the molecule is COC1C=CC=C(C)C(=O)Nc2cc(N)cc(c2)CC(C)CC(OC)C(O)C(C)C=C(C)C1OC(N)=O. The molecule has 6 N–H and O–H groups in total. The molecule has 2 rings (SSSR count). The highest BCUT2D eigenvalue weighted by atomic mass is 16.6. The number of allylic oxidation sites excluding steroid dienone is 2. The van der Waals surface area contributed by atoms with Crippen LogP contribution in [-0.4, -0.2) is 55.7 Å². The first-order valence-corrected chi connectivity index (χ1v) is 12.4. The number of hydrogen-bond donors (Lipinski definition) is 4. The fraction of sp³-hybridized carbons (Fsp3) is 0.500. The van der Waals surface area contributed by atoms with Crippen LogP contribution < -0.4 is 16.8 Å². The van der Waals surface area contributed by atoms with Crippen molar-refractivity contribution in [2.45, 2.75) is 65.0 Å². The van der Waals surface area contributed by atoms with Gasteiger partial charge in [-0.25, -0.2) is 4.79 Å². The summed E-state index contributed by atoms with van der Waals surface area (Å²) in [6.07, 6.45) is 4.39. The van der Waals surface area contributed by atoms with E-state index in [1.165, 1.54) is 7.11 Å². The van der Waals surface area contributed by atoms with Gasteiger partial charge in [0, 0.05) is 37.1 Å². The molecule has 0 saturated carbocycles. The summed E-state index contributed by atoms with van der Waals surface area (Å²) in [6, 6.07) is 5.50. The lowest BCUT2D eigenvalue weighted by atomic mass is 9.88. The molecule has 9 nitrogen and oxygen atoms in total. The number of carbonyl (C=O) groups excluding carboxylic acids is 2.